The lowest BCUT2D eigenvalue weighted by Crippen LogP contribution is -2.42. The van der Waals surface area contributed by atoms with Gasteiger partial charge in [-0.05, 0) is 50.3 Å². The zero-order valence-corrected chi connectivity index (χ0v) is 15.8. The van der Waals surface area contributed by atoms with Crippen molar-refractivity contribution in [1.29, 1.82) is 0 Å². The van der Waals surface area contributed by atoms with Crippen LogP contribution in [0.1, 0.15) is 49.4 Å². The van der Waals surface area contributed by atoms with E-state index in [1.165, 1.54) is 11.1 Å². The first-order valence-electron chi connectivity index (χ1n) is 9.16. The summed E-state index contributed by atoms with van der Waals surface area (Å²) in [7, 11) is 0. The molecule has 0 aromatic heterocycles. The lowest BCUT2D eigenvalue weighted by Gasteiger charge is -2.20. The van der Waals surface area contributed by atoms with E-state index in [0.29, 0.717) is 6.42 Å². The number of rotatable bonds is 8. The van der Waals surface area contributed by atoms with E-state index in [1.54, 1.807) is 0 Å². The molecule has 2 aromatic carbocycles. The summed E-state index contributed by atoms with van der Waals surface area (Å²) < 4.78 is 0. The maximum absolute atomic E-state index is 12.5. The lowest BCUT2D eigenvalue weighted by atomic mass is 10.0. The fraction of sp³-hybridized carbons (Fsp3) is 0.364. The molecule has 0 spiro atoms. The molecule has 26 heavy (non-hydrogen) atoms. The molecule has 2 N–H and O–H groups in total. The molecule has 1 atom stereocenters. The van der Waals surface area contributed by atoms with E-state index in [9.17, 15) is 9.59 Å². The largest absolute Gasteiger partial charge is 0.352 e. The average Bonchev–Trinajstić information content (AvgIpc) is 2.61. The van der Waals surface area contributed by atoms with Crippen molar-refractivity contribution in [2.45, 2.75) is 52.1 Å². The first kappa shape index (κ1) is 19.7. The third-order valence-corrected chi connectivity index (χ3v) is 4.24. The van der Waals surface area contributed by atoms with Crippen molar-refractivity contribution >= 4 is 11.8 Å². The van der Waals surface area contributed by atoms with Crippen LogP contribution in [0.5, 0.6) is 0 Å². The number of hydrogen-bond donors (Lipinski definition) is 2. The molecule has 4 heteroatoms. The molecule has 0 heterocycles. The third-order valence-electron chi connectivity index (χ3n) is 4.24. The fourth-order valence-corrected chi connectivity index (χ4v) is 2.88. The van der Waals surface area contributed by atoms with Gasteiger partial charge in [-0.2, -0.15) is 0 Å². The van der Waals surface area contributed by atoms with Crippen LogP contribution >= 0.6 is 0 Å². The first-order valence-corrected chi connectivity index (χ1v) is 9.16. The fourth-order valence-electron chi connectivity index (χ4n) is 2.88. The van der Waals surface area contributed by atoms with Gasteiger partial charge in [0, 0.05) is 12.5 Å². The van der Waals surface area contributed by atoms with Crippen LogP contribution in [0.3, 0.4) is 0 Å². The van der Waals surface area contributed by atoms with Crippen molar-refractivity contribution in [2.75, 3.05) is 0 Å². The predicted octanol–water partition coefficient (Wildman–Crippen LogP) is 3.70. The summed E-state index contributed by atoms with van der Waals surface area (Å²) in [5.41, 5.74) is 3.29. The van der Waals surface area contributed by atoms with E-state index in [4.69, 9.17) is 0 Å². The van der Waals surface area contributed by atoms with Crippen LogP contribution in [-0.2, 0) is 16.0 Å². The number of carbonyl (C=O) groups excluding carboxylic acids is 2. The minimum Gasteiger partial charge on any atom is -0.352 e. The van der Waals surface area contributed by atoms with E-state index in [1.807, 2.05) is 56.3 Å². The van der Waals surface area contributed by atoms with Crippen molar-refractivity contribution in [3.63, 3.8) is 0 Å². The van der Waals surface area contributed by atoms with E-state index in [2.05, 4.69) is 29.7 Å². The Labute approximate surface area is 156 Å². The topological polar surface area (TPSA) is 58.2 Å². The minimum atomic E-state index is -0.662. The number of nitrogens with one attached hydrogen (secondary N) is 2. The second-order valence-corrected chi connectivity index (χ2v) is 6.85. The average molecular weight is 352 g/mol. The zero-order chi connectivity index (χ0) is 18.9. The molecule has 2 rings (SSSR count). The standard InChI is InChI=1S/C22H28N2O2/c1-16(2)23-22(26)21(19-12-5-4-6-13-19)24-20(25)15-9-14-18-11-8-7-10-17(18)3/h4-8,10-13,16,21H,9,14-15H2,1-3H3,(H,23,26)(H,24,25). The van der Waals surface area contributed by atoms with Gasteiger partial charge in [0.15, 0.2) is 0 Å². The summed E-state index contributed by atoms with van der Waals surface area (Å²) in [5, 5.41) is 5.77. The molecule has 4 nitrogen and oxygen atoms in total. The molecule has 2 amide bonds. The van der Waals surface area contributed by atoms with Gasteiger partial charge in [-0.25, -0.2) is 0 Å². The normalized spacial score (nSPS) is 11.8. The van der Waals surface area contributed by atoms with Gasteiger partial charge >= 0.3 is 0 Å². The van der Waals surface area contributed by atoms with Gasteiger partial charge in [0.1, 0.15) is 6.04 Å². The SMILES string of the molecule is Cc1ccccc1CCCC(=O)NC(C(=O)NC(C)C)c1ccccc1. The van der Waals surface area contributed by atoms with Gasteiger partial charge in [0.05, 0.1) is 0 Å². The van der Waals surface area contributed by atoms with Gasteiger partial charge in [-0.15, -0.1) is 0 Å². The van der Waals surface area contributed by atoms with Crippen LogP contribution in [0.15, 0.2) is 54.6 Å². The second kappa shape index (κ2) is 9.76. The lowest BCUT2D eigenvalue weighted by molar-refractivity contribution is -0.129. The number of hydrogen-bond acceptors (Lipinski definition) is 2. The first-order chi connectivity index (χ1) is 12.5. The smallest absolute Gasteiger partial charge is 0.247 e. The van der Waals surface area contributed by atoms with Crippen molar-refractivity contribution in [3.8, 4) is 0 Å². The van der Waals surface area contributed by atoms with E-state index < -0.39 is 6.04 Å². The summed E-state index contributed by atoms with van der Waals surface area (Å²) in [6, 6.07) is 16.9. The van der Waals surface area contributed by atoms with Crippen molar-refractivity contribution in [2.24, 2.45) is 0 Å². The molecule has 138 valence electrons. The van der Waals surface area contributed by atoms with Crippen LogP contribution < -0.4 is 10.6 Å². The van der Waals surface area contributed by atoms with E-state index in [0.717, 1.165) is 18.4 Å². The van der Waals surface area contributed by atoms with Gasteiger partial charge in [-0.3, -0.25) is 9.59 Å². The summed E-state index contributed by atoms with van der Waals surface area (Å²) in [5.74, 6) is -0.287. The van der Waals surface area contributed by atoms with Gasteiger partial charge in [-0.1, -0.05) is 54.6 Å². The Hall–Kier alpha value is -2.62. The minimum absolute atomic E-state index is 0.0201. The van der Waals surface area contributed by atoms with E-state index in [-0.39, 0.29) is 17.9 Å². The molecule has 0 saturated carbocycles. The van der Waals surface area contributed by atoms with Crippen molar-refractivity contribution < 1.29 is 9.59 Å². The number of aryl methyl sites for hydroxylation is 2. The maximum atomic E-state index is 12.5. The van der Waals surface area contributed by atoms with Crippen molar-refractivity contribution in [3.05, 3.63) is 71.3 Å². The molecule has 1 unspecified atom stereocenters. The Kier molecular flexibility index (Phi) is 7.39. The molecule has 0 fully saturated rings. The highest BCUT2D eigenvalue weighted by Crippen LogP contribution is 2.15. The summed E-state index contributed by atoms with van der Waals surface area (Å²) in [4.78, 5) is 24.9. The highest BCUT2D eigenvalue weighted by atomic mass is 16.2. The molecule has 0 aliphatic heterocycles. The van der Waals surface area contributed by atoms with Crippen LogP contribution in [-0.4, -0.2) is 17.9 Å². The third kappa shape index (κ3) is 6.03. The number of carbonyl (C=O) groups is 2. The van der Waals surface area contributed by atoms with Crippen LogP contribution in [0, 0.1) is 6.92 Å². The molecule has 0 aliphatic rings. The summed E-state index contributed by atoms with van der Waals surface area (Å²) in [6.45, 7) is 5.89. The molecular formula is C22H28N2O2. The van der Waals surface area contributed by atoms with Gasteiger partial charge in [0.25, 0.3) is 0 Å². The maximum Gasteiger partial charge on any atom is 0.247 e. The Bertz CT molecular complexity index is 726. The van der Waals surface area contributed by atoms with Gasteiger partial charge in [0.2, 0.25) is 11.8 Å². The summed E-state index contributed by atoms with van der Waals surface area (Å²) in [6.07, 6.45) is 2.00. The molecule has 0 aliphatic carbocycles. The highest BCUT2D eigenvalue weighted by Gasteiger charge is 2.22. The number of benzene rings is 2. The zero-order valence-electron chi connectivity index (χ0n) is 15.8. The Morgan fingerprint density at radius 3 is 2.23 bits per heavy atom. The molecular weight excluding hydrogens is 324 g/mol. The Morgan fingerprint density at radius 1 is 0.923 bits per heavy atom. The predicted molar refractivity (Wildman–Crippen MR) is 105 cm³/mol. The molecule has 2 aromatic rings. The highest BCUT2D eigenvalue weighted by molar-refractivity contribution is 5.88. The van der Waals surface area contributed by atoms with Crippen LogP contribution in [0.4, 0.5) is 0 Å². The van der Waals surface area contributed by atoms with Crippen molar-refractivity contribution in [1.82, 2.24) is 10.6 Å². The van der Waals surface area contributed by atoms with E-state index >= 15 is 0 Å². The molecule has 0 radical (unpaired) electrons. The van der Waals surface area contributed by atoms with Crippen LogP contribution in [0.2, 0.25) is 0 Å². The van der Waals surface area contributed by atoms with Crippen LogP contribution in [0.25, 0.3) is 0 Å². The monoisotopic (exact) mass is 352 g/mol. The Balaban J connectivity index is 1.95. The molecule has 0 bridgehead atoms. The summed E-state index contributed by atoms with van der Waals surface area (Å²) >= 11 is 0. The number of amides is 2. The molecule has 0 saturated heterocycles. The second-order valence-electron chi connectivity index (χ2n) is 6.85. The Morgan fingerprint density at radius 2 is 1.58 bits per heavy atom. The quantitative estimate of drug-likeness (QED) is 0.761. The van der Waals surface area contributed by atoms with Gasteiger partial charge < -0.3 is 10.6 Å².